The molecule has 0 aliphatic rings. The summed E-state index contributed by atoms with van der Waals surface area (Å²) in [6.45, 7) is 5.40. The van der Waals surface area contributed by atoms with E-state index in [1.165, 1.54) is 103 Å². The lowest BCUT2D eigenvalue weighted by Gasteiger charge is -2.06. The van der Waals surface area contributed by atoms with Crippen LogP contribution in [0.2, 0.25) is 0 Å². The summed E-state index contributed by atoms with van der Waals surface area (Å²) in [7, 11) is 0. The van der Waals surface area contributed by atoms with Crippen LogP contribution >= 0.6 is 0 Å². The van der Waals surface area contributed by atoms with Crippen LogP contribution in [-0.2, 0) is 14.5 Å². The van der Waals surface area contributed by atoms with Crippen molar-refractivity contribution in [3.05, 3.63) is 0 Å². The molecule has 0 aliphatic heterocycles. The smallest absolute Gasteiger partial charge is 0.432 e. The third-order valence-corrected chi connectivity index (χ3v) is 5.43. The molecular weight excluding hydrogens is 364 g/mol. The predicted molar refractivity (Wildman–Crippen MR) is 122 cm³/mol. The van der Waals surface area contributed by atoms with Crippen molar-refractivity contribution in [1.29, 1.82) is 0 Å². The van der Waals surface area contributed by atoms with E-state index in [0.717, 1.165) is 25.7 Å². The number of carbonyl (C=O) groups is 1. The van der Waals surface area contributed by atoms with Crippen molar-refractivity contribution in [2.45, 2.75) is 142 Å². The molecule has 0 saturated carbocycles. The maximum atomic E-state index is 11.4. The number of hydrogen-bond donors (Lipinski definition) is 0. The fourth-order valence-corrected chi connectivity index (χ4v) is 3.51. The average Bonchev–Trinajstić information content (AvgIpc) is 2.72. The van der Waals surface area contributed by atoms with E-state index >= 15 is 0 Å². The standard InChI is InChI=1S/C25H50O4/c1-3-5-7-9-11-13-15-17-19-21-23-27-25(26)29-28-24-22-20-18-16-14-12-10-8-6-4-2/h3-24H2,1-2H3. The first kappa shape index (κ1) is 28.2. The number of rotatable bonds is 23. The molecule has 0 radical (unpaired) electrons. The van der Waals surface area contributed by atoms with Gasteiger partial charge in [0.25, 0.3) is 0 Å². The third kappa shape index (κ3) is 25.2. The van der Waals surface area contributed by atoms with Gasteiger partial charge in [0, 0.05) is 0 Å². The van der Waals surface area contributed by atoms with Crippen molar-refractivity contribution in [3.63, 3.8) is 0 Å². The molecule has 4 nitrogen and oxygen atoms in total. The van der Waals surface area contributed by atoms with E-state index in [1.54, 1.807) is 0 Å². The summed E-state index contributed by atoms with van der Waals surface area (Å²) >= 11 is 0. The minimum absolute atomic E-state index is 0.428. The van der Waals surface area contributed by atoms with Gasteiger partial charge in [-0.3, -0.25) is 4.89 Å². The summed E-state index contributed by atoms with van der Waals surface area (Å²) in [5.41, 5.74) is 0. The van der Waals surface area contributed by atoms with Gasteiger partial charge >= 0.3 is 6.16 Å². The highest BCUT2D eigenvalue weighted by Gasteiger charge is 2.04. The van der Waals surface area contributed by atoms with Gasteiger partial charge in [-0.05, 0) is 12.8 Å². The maximum Gasteiger partial charge on any atom is 0.540 e. The van der Waals surface area contributed by atoms with Gasteiger partial charge in [-0.2, -0.15) is 4.89 Å². The monoisotopic (exact) mass is 414 g/mol. The van der Waals surface area contributed by atoms with Crippen LogP contribution in [0, 0.1) is 0 Å². The van der Waals surface area contributed by atoms with E-state index < -0.39 is 6.16 Å². The fourth-order valence-electron chi connectivity index (χ4n) is 3.51. The van der Waals surface area contributed by atoms with Gasteiger partial charge in [0.05, 0.1) is 13.2 Å². The molecule has 0 aromatic rings. The molecular formula is C25H50O4. The van der Waals surface area contributed by atoms with Crippen LogP contribution in [0.5, 0.6) is 0 Å². The molecule has 0 aliphatic carbocycles. The highest BCUT2D eigenvalue weighted by atomic mass is 17.2. The molecule has 0 saturated heterocycles. The molecule has 174 valence electrons. The van der Waals surface area contributed by atoms with Gasteiger partial charge in [-0.1, -0.05) is 129 Å². The molecule has 0 unspecified atom stereocenters. The first-order chi connectivity index (χ1) is 14.3. The van der Waals surface area contributed by atoms with Crippen LogP contribution in [0.4, 0.5) is 4.79 Å². The highest BCUT2D eigenvalue weighted by Crippen LogP contribution is 2.11. The van der Waals surface area contributed by atoms with Crippen LogP contribution < -0.4 is 0 Å². The minimum Gasteiger partial charge on any atom is -0.432 e. The molecule has 0 rings (SSSR count). The maximum absolute atomic E-state index is 11.4. The second-order valence-corrected chi connectivity index (χ2v) is 8.37. The Morgan fingerprint density at radius 3 is 1.24 bits per heavy atom. The first-order valence-corrected chi connectivity index (χ1v) is 12.8. The van der Waals surface area contributed by atoms with Crippen molar-refractivity contribution < 1.29 is 19.3 Å². The van der Waals surface area contributed by atoms with Crippen molar-refractivity contribution in [1.82, 2.24) is 0 Å². The van der Waals surface area contributed by atoms with Crippen LogP contribution in [0.1, 0.15) is 142 Å². The van der Waals surface area contributed by atoms with Crippen LogP contribution in [0.25, 0.3) is 0 Å². The van der Waals surface area contributed by atoms with E-state index in [-0.39, 0.29) is 0 Å². The van der Waals surface area contributed by atoms with Crippen LogP contribution in [-0.4, -0.2) is 19.4 Å². The van der Waals surface area contributed by atoms with E-state index in [2.05, 4.69) is 18.7 Å². The highest BCUT2D eigenvalue weighted by molar-refractivity contribution is 5.58. The third-order valence-electron chi connectivity index (χ3n) is 5.43. The van der Waals surface area contributed by atoms with Gasteiger partial charge in [-0.25, -0.2) is 4.79 Å². The lowest BCUT2D eigenvalue weighted by Crippen LogP contribution is -2.09. The van der Waals surface area contributed by atoms with Gasteiger partial charge in [0.1, 0.15) is 0 Å². The molecule has 0 spiro atoms. The van der Waals surface area contributed by atoms with Crippen LogP contribution in [0.3, 0.4) is 0 Å². The van der Waals surface area contributed by atoms with Crippen molar-refractivity contribution in [2.75, 3.05) is 13.2 Å². The fraction of sp³-hybridized carbons (Fsp3) is 0.960. The Hall–Kier alpha value is -0.770. The Balaban J connectivity index is 3.13. The summed E-state index contributed by atoms with van der Waals surface area (Å²) in [5.74, 6) is 0. The minimum atomic E-state index is -0.701. The summed E-state index contributed by atoms with van der Waals surface area (Å²) in [6, 6.07) is 0. The molecule has 0 bridgehead atoms. The van der Waals surface area contributed by atoms with Gasteiger partial charge < -0.3 is 4.74 Å². The molecule has 4 heteroatoms. The molecule has 29 heavy (non-hydrogen) atoms. The summed E-state index contributed by atoms with van der Waals surface area (Å²) in [4.78, 5) is 21.0. The summed E-state index contributed by atoms with van der Waals surface area (Å²) in [6.07, 6.45) is 24.7. The lowest BCUT2D eigenvalue weighted by molar-refractivity contribution is -0.255. The van der Waals surface area contributed by atoms with E-state index in [4.69, 9.17) is 9.62 Å². The molecule has 0 fully saturated rings. The summed E-state index contributed by atoms with van der Waals surface area (Å²) in [5, 5.41) is 0. The van der Waals surface area contributed by atoms with Gasteiger partial charge in [0.15, 0.2) is 0 Å². The normalized spacial score (nSPS) is 11.0. The number of carbonyl (C=O) groups excluding carboxylic acids is 1. The van der Waals surface area contributed by atoms with Crippen LogP contribution in [0.15, 0.2) is 0 Å². The zero-order valence-corrected chi connectivity index (χ0v) is 19.7. The number of unbranched alkanes of at least 4 members (excludes halogenated alkanes) is 18. The second-order valence-electron chi connectivity index (χ2n) is 8.37. The molecule has 0 atom stereocenters. The van der Waals surface area contributed by atoms with E-state index in [1.807, 2.05) is 0 Å². The topological polar surface area (TPSA) is 44.8 Å². The molecule has 0 aromatic heterocycles. The van der Waals surface area contributed by atoms with Gasteiger partial charge in [0.2, 0.25) is 0 Å². The van der Waals surface area contributed by atoms with Crippen molar-refractivity contribution in [3.8, 4) is 0 Å². The van der Waals surface area contributed by atoms with E-state index in [9.17, 15) is 4.79 Å². The Morgan fingerprint density at radius 2 is 0.828 bits per heavy atom. The zero-order chi connectivity index (χ0) is 21.3. The Bertz CT molecular complexity index is 320. The average molecular weight is 415 g/mol. The largest absolute Gasteiger partial charge is 0.540 e. The molecule has 0 aromatic carbocycles. The summed E-state index contributed by atoms with van der Waals surface area (Å²) < 4.78 is 5.03. The quantitative estimate of drug-likeness (QED) is 0.0724. The molecule has 0 N–H and O–H groups in total. The number of ether oxygens (including phenoxy) is 1. The number of hydrogen-bond acceptors (Lipinski definition) is 4. The Morgan fingerprint density at radius 1 is 0.483 bits per heavy atom. The lowest BCUT2D eigenvalue weighted by atomic mass is 10.1. The molecule has 0 amide bonds. The predicted octanol–water partition coefficient (Wildman–Crippen LogP) is 8.91. The van der Waals surface area contributed by atoms with Crippen molar-refractivity contribution >= 4 is 6.16 Å². The Kier molecular flexibility index (Phi) is 24.6. The zero-order valence-electron chi connectivity index (χ0n) is 19.7. The first-order valence-electron chi connectivity index (χ1n) is 12.8. The van der Waals surface area contributed by atoms with Crippen molar-refractivity contribution in [2.24, 2.45) is 0 Å². The molecule has 0 heterocycles. The van der Waals surface area contributed by atoms with Gasteiger partial charge in [-0.15, -0.1) is 0 Å². The van der Waals surface area contributed by atoms with E-state index in [0.29, 0.717) is 13.2 Å². The Labute approximate surface area is 181 Å². The SMILES string of the molecule is CCCCCCCCCCCCOOC(=O)OCCCCCCCCCCCC. The second kappa shape index (κ2) is 25.3.